The number of hydrogen-bond donors (Lipinski definition) is 0. The maximum atomic E-state index is 12.3. The van der Waals surface area contributed by atoms with E-state index >= 15 is 0 Å². The van der Waals surface area contributed by atoms with Crippen LogP contribution in [0.2, 0.25) is 0 Å². The molecule has 2 heterocycles. The summed E-state index contributed by atoms with van der Waals surface area (Å²) in [4.78, 5) is 18.8. The number of ether oxygens (including phenoxy) is 1. The quantitative estimate of drug-likeness (QED) is 0.645. The largest absolute Gasteiger partial charge is 0.467 e. The van der Waals surface area contributed by atoms with Crippen molar-refractivity contribution in [2.45, 2.75) is 18.9 Å². The Bertz CT molecular complexity index is 879. The fourth-order valence-electron chi connectivity index (χ4n) is 3.08. The standard InChI is InChI=1S/C21H20N2O2S/c24-20(11-10-16-6-2-1-3-7-16)23-14-12-17(13-15-23)25-21-22-18-8-4-5-9-19(18)26-21/h1-11,17H,12-15H2/b11-10+. The molecule has 1 aliphatic heterocycles. The minimum absolute atomic E-state index is 0.0623. The molecule has 1 saturated heterocycles. The van der Waals surface area contributed by atoms with Crippen LogP contribution in [0.4, 0.5) is 0 Å². The normalized spacial score (nSPS) is 15.6. The Hall–Kier alpha value is -2.66. The predicted molar refractivity (Wildman–Crippen MR) is 105 cm³/mol. The molecular formula is C21H20N2O2S. The summed E-state index contributed by atoms with van der Waals surface area (Å²) in [5.74, 6) is 0.0623. The molecule has 0 N–H and O–H groups in total. The molecule has 0 unspecified atom stereocenters. The van der Waals surface area contributed by atoms with Gasteiger partial charge in [0, 0.05) is 32.0 Å². The lowest BCUT2D eigenvalue weighted by atomic mass is 10.1. The van der Waals surface area contributed by atoms with Gasteiger partial charge in [-0.2, -0.15) is 0 Å². The van der Waals surface area contributed by atoms with Crippen LogP contribution in [0.25, 0.3) is 16.3 Å². The molecule has 4 rings (SSSR count). The number of carbonyl (C=O) groups is 1. The van der Waals surface area contributed by atoms with Crippen LogP contribution in [0.5, 0.6) is 5.19 Å². The Morgan fingerprint density at radius 1 is 1.08 bits per heavy atom. The molecule has 1 aliphatic rings. The van der Waals surface area contributed by atoms with Gasteiger partial charge in [0.25, 0.3) is 5.19 Å². The van der Waals surface area contributed by atoms with E-state index in [-0.39, 0.29) is 12.0 Å². The van der Waals surface area contributed by atoms with Crippen molar-refractivity contribution in [1.29, 1.82) is 0 Å². The van der Waals surface area contributed by atoms with Crippen LogP contribution < -0.4 is 4.74 Å². The van der Waals surface area contributed by atoms with Crippen molar-refractivity contribution in [2.24, 2.45) is 0 Å². The topological polar surface area (TPSA) is 42.4 Å². The molecule has 26 heavy (non-hydrogen) atoms. The fourth-order valence-corrected chi connectivity index (χ4v) is 3.96. The molecule has 5 heteroatoms. The van der Waals surface area contributed by atoms with Crippen LogP contribution in [-0.4, -0.2) is 35.0 Å². The van der Waals surface area contributed by atoms with Gasteiger partial charge in [0.1, 0.15) is 6.10 Å². The third kappa shape index (κ3) is 3.94. The van der Waals surface area contributed by atoms with E-state index in [4.69, 9.17) is 4.74 Å². The highest BCUT2D eigenvalue weighted by Crippen LogP contribution is 2.29. The third-order valence-corrected chi connectivity index (χ3v) is 5.44. The van der Waals surface area contributed by atoms with Crippen LogP contribution in [0, 0.1) is 0 Å². The summed E-state index contributed by atoms with van der Waals surface area (Å²) in [5.41, 5.74) is 2.01. The molecule has 1 aromatic heterocycles. The van der Waals surface area contributed by atoms with Crippen molar-refractivity contribution < 1.29 is 9.53 Å². The Kier molecular flexibility index (Phi) is 4.97. The van der Waals surface area contributed by atoms with E-state index in [9.17, 15) is 4.79 Å². The van der Waals surface area contributed by atoms with Crippen molar-refractivity contribution in [1.82, 2.24) is 9.88 Å². The summed E-state index contributed by atoms with van der Waals surface area (Å²) in [6.45, 7) is 1.43. The van der Waals surface area contributed by atoms with Crippen LogP contribution in [0.15, 0.2) is 60.7 Å². The highest BCUT2D eigenvalue weighted by molar-refractivity contribution is 7.20. The van der Waals surface area contributed by atoms with Gasteiger partial charge in [-0.1, -0.05) is 53.8 Å². The van der Waals surface area contributed by atoms with Crippen LogP contribution in [0.1, 0.15) is 18.4 Å². The van der Waals surface area contributed by atoms with E-state index in [1.54, 1.807) is 17.4 Å². The van der Waals surface area contributed by atoms with Crippen LogP contribution >= 0.6 is 11.3 Å². The molecule has 1 amide bonds. The Morgan fingerprint density at radius 3 is 2.58 bits per heavy atom. The van der Waals surface area contributed by atoms with E-state index in [2.05, 4.69) is 11.1 Å². The SMILES string of the molecule is O=C(/C=C/c1ccccc1)N1CCC(Oc2nc3ccccc3s2)CC1. The number of likely N-dealkylation sites (tertiary alicyclic amines) is 1. The Balaban J connectivity index is 1.31. The number of benzene rings is 2. The summed E-state index contributed by atoms with van der Waals surface area (Å²) in [7, 11) is 0. The van der Waals surface area contributed by atoms with Gasteiger partial charge in [0.05, 0.1) is 10.2 Å². The molecular weight excluding hydrogens is 344 g/mol. The number of nitrogens with zero attached hydrogens (tertiary/aromatic N) is 2. The second kappa shape index (κ2) is 7.70. The molecule has 0 bridgehead atoms. The molecule has 3 aromatic rings. The van der Waals surface area contributed by atoms with E-state index < -0.39 is 0 Å². The molecule has 0 radical (unpaired) electrons. The molecule has 0 spiro atoms. The highest BCUT2D eigenvalue weighted by atomic mass is 32.1. The van der Waals surface area contributed by atoms with Gasteiger partial charge in [-0.25, -0.2) is 4.98 Å². The first-order chi connectivity index (χ1) is 12.8. The second-order valence-electron chi connectivity index (χ2n) is 6.33. The van der Waals surface area contributed by atoms with E-state index in [0.717, 1.165) is 33.8 Å². The minimum Gasteiger partial charge on any atom is -0.467 e. The monoisotopic (exact) mass is 364 g/mol. The molecule has 0 saturated carbocycles. The molecule has 2 aromatic carbocycles. The fraction of sp³-hybridized carbons (Fsp3) is 0.238. The van der Waals surface area contributed by atoms with Gasteiger partial charge in [0.15, 0.2) is 0 Å². The van der Waals surface area contributed by atoms with Crippen molar-refractivity contribution >= 4 is 33.5 Å². The zero-order chi connectivity index (χ0) is 17.8. The van der Waals surface area contributed by atoms with Gasteiger partial charge in [0.2, 0.25) is 5.91 Å². The molecule has 0 aliphatic carbocycles. The summed E-state index contributed by atoms with van der Waals surface area (Å²) in [5, 5.41) is 0.722. The lowest BCUT2D eigenvalue weighted by Crippen LogP contribution is -2.41. The van der Waals surface area contributed by atoms with E-state index in [1.807, 2.05) is 59.5 Å². The van der Waals surface area contributed by atoms with Gasteiger partial charge in [-0.3, -0.25) is 4.79 Å². The average molecular weight is 364 g/mol. The van der Waals surface area contributed by atoms with Gasteiger partial charge < -0.3 is 9.64 Å². The maximum absolute atomic E-state index is 12.3. The zero-order valence-corrected chi connectivity index (χ0v) is 15.2. The second-order valence-corrected chi connectivity index (χ2v) is 7.33. The molecule has 132 valence electrons. The number of carbonyl (C=O) groups excluding carboxylic acids is 1. The summed E-state index contributed by atoms with van der Waals surface area (Å²) in [6, 6.07) is 17.9. The van der Waals surface area contributed by atoms with Gasteiger partial charge >= 0.3 is 0 Å². The van der Waals surface area contributed by atoms with Gasteiger partial charge in [-0.15, -0.1) is 0 Å². The smallest absolute Gasteiger partial charge is 0.274 e. The summed E-state index contributed by atoms with van der Waals surface area (Å²) < 4.78 is 7.19. The number of para-hydroxylation sites is 1. The number of rotatable bonds is 4. The van der Waals surface area contributed by atoms with E-state index in [1.165, 1.54) is 0 Å². The van der Waals surface area contributed by atoms with Crippen LogP contribution in [-0.2, 0) is 4.79 Å². The number of piperidine rings is 1. The minimum atomic E-state index is 0.0623. The maximum Gasteiger partial charge on any atom is 0.274 e. The van der Waals surface area contributed by atoms with E-state index in [0.29, 0.717) is 13.1 Å². The number of fused-ring (bicyclic) bond motifs is 1. The number of thiazole rings is 1. The van der Waals surface area contributed by atoms with Crippen LogP contribution in [0.3, 0.4) is 0 Å². The Morgan fingerprint density at radius 2 is 1.81 bits per heavy atom. The van der Waals surface area contributed by atoms with Gasteiger partial charge in [-0.05, 0) is 23.8 Å². The first-order valence-electron chi connectivity index (χ1n) is 8.82. The summed E-state index contributed by atoms with van der Waals surface area (Å²) >= 11 is 1.58. The van der Waals surface area contributed by atoms with Crippen molar-refractivity contribution in [2.75, 3.05) is 13.1 Å². The first-order valence-corrected chi connectivity index (χ1v) is 9.64. The number of hydrogen-bond acceptors (Lipinski definition) is 4. The number of amides is 1. The molecule has 1 fully saturated rings. The lowest BCUT2D eigenvalue weighted by Gasteiger charge is -2.30. The van der Waals surface area contributed by atoms with Crippen molar-refractivity contribution in [3.05, 3.63) is 66.2 Å². The summed E-state index contributed by atoms with van der Waals surface area (Å²) in [6.07, 6.45) is 5.32. The first kappa shape index (κ1) is 16.8. The zero-order valence-electron chi connectivity index (χ0n) is 14.4. The molecule has 4 nitrogen and oxygen atoms in total. The number of aromatic nitrogens is 1. The highest BCUT2D eigenvalue weighted by Gasteiger charge is 2.23. The Labute approximate surface area is 156 Å². The predicted octanol–water partition coefficient (Wildman–Crippen LogP) is 4.38. The lowest BCUT2D eigenvalue weighted by molar-refractivity contribution is -0.127. The molecule has 0 atom stereocenters. The average Bonchev–Trinajstić information content (AvgIpc) is 3.10. The van der Waals surface area contributed by atoms with Crippen molar-refractivity contribution in [3.8, 4) is 5.19 Å². The third-order valence-electron chi connectivity index (χ3n) is 4.51. The van der Waals surface area contributed by atoms with Crippen molar-refractivity contribution in [3.63, 3.8) is 0 Å².